The highest BCUT2D eigenvalue weighted by Crippen LogP contribution is 2.29. The van der Waals surface area contributed by atoms with Crippen LogP contribution in [0.3, 0.4) is 0 Å². The van der Waals surface area contributed by atoms with E-state index in [2.05, 4.69) is 5.32 Å². The van der Waals surface area contributed by atoms with Crippen molar-refractivity contribution in [2.75, 3.05) is 11.9 Å². The van der Waals surface area contributed by atoms with Crippen molar-refractivity contribution >= 4 is 17.6 Å². The van der Waals surface area contributed by atoms with Crippen molar-refractivity contribution in [3.05, 3.63) is 99.5 Å². The van der Waals surface area contributed by atoms with Gasteiger partial charge >= 0.3 is 12.1 Å². The van der Waals surface area contributed by atoms with Gasteiger partial charge in [0.25, 0.3) is 11.5 Å². The average molecular weight is 444 g/mol. The Morgan fingerprint density at radius 3 is 2.34 bits per heavy atom. The fourth-order valence-electron chi connectivity index (χ4n) is 2.94. The molecule has 0 saturated heterocycles. The highest BCUT2D eigenvalue weighted by Gasteiger charge is 2.30. The second kappa shape index (κ2) is 9.51. The number of anilines is 1. The summed E-state index contributed by atoms with van der Waals surface area (Å²) >= 11 is 0. The highest BCUT2D eigenvalue weighted by molar-refractivity contribution is 6.04. The van der Waals surface area contributed by atoms with Gasteiger partial charge in [-0.15, -0.1) is 0 Å². The Bertz CT molecular complexity index is 1180. The number of halogens is 3. The number of carbonyl (C=O) groups is 2. The lowest BCUT2D eigenvalue weighted by Crippen LogP contribution is -2.22. The van der Waals surface area contributed by atoms with E-state index in [0.29, 0.717) is 11.3 Å². The van der Waals surface area contributed by atoms with Crippen LogP contribution in [0.5, 0.6) is 0 Å². The second-order valence-corrected chi connectivity index (χ2v) is 6.83. The first-order valence-corrected chi connectivity index (χ1v) is 9.62. The maximum Gasteiger partial charge on any atom is 0.416 e. The minimum absolute atomic E-state index is 0.127. The number of rotatable bonds is 6. The summed E-state index contributed by atoms with van der Waals surface area (Å²) in [4.78, 5) is 36.4. The number of esters is 1. The van der Waals surface area contributed by atoms with Gasteiger partial charge in [-0.2, -0.15) is 13.2 Å². The Kier molecular flexibility index (Phi) is 6.77. The zero-order valence-corrected chi connectivity index (χ0v) is 17.0. The predicted octanol–water partition coefficient (Wildman–Crippen LogP) is 4.34. The molecule has 9 heteroatoms. The number of hydrogen-bond donors (Lipinski definition) is 1. The summed E-state index contributed by atoms with van der Waals surface area (Å²) in [6.07, 6.45) is -3.21. The van der Waals surface area contributed by atoms with Crippen molar-refractivity contribution in [2.24, 2.45) is 0 Å². The predicted molar refractivity (Wildman–Crippen MR) is 112 cm³/mol. The number of benzene rings is 2. The molecule has 3 rings (SSSR count). The molecule has 166 valence electrons. The molecule has 1 aromatic heterocycles. The lowest BCUT2D eigenvalue weighted by Gasteiger charge is -2.11. The standard InChI is InChI=1S/C23H19F3N2O4/c1-2-32-22(31)16-6-9-19(10-7-16)27-21(30)17-8-11-20(29)28(14-17)13-15-4-3-5-18(12-15)23(24,25)26/h3-12,14H,2,13H2,1H3,(H,27,30). The van der Waals surface area contributed by atoms with Crippen molar-refractivity contribution in [1.29, 1.82) is 0 Å². The van der Waals surface area contributed by atoms with E-state index < -0.39 is 29.2 Å². The van der Waals surface area contributed by atoms with Crippen LogP contribution in [0.2, 0.25) is 0 Å². The van der Waals surface area contributed by atoms with Gasteiger partial charge < -0.3 is 14.6 Å². The van der Waals surface area contributed by atoms with E-state index in [0.717, 1.165) is 16.7 Å². The van der Waals surface area contributed by atoms with Crippen molar-refractivity contribution in [3.63, 3.8) is 0 Å². The van der Waals surface area contributed by atoms with Crippen molar-refractivity contribution in [2.45, 2.75) is 19.6 Å². The number of nitrogens with zero attached hydrogens (tertiary/aromatic N) is 1. The summed E-state index contributed by atoms with van der Waals surface area (Å²) in [7, 11) is 0. The van der Waals surface area contributed by atoms with Gasteiger partial charge in [0.2, 0.25) is 0 Å². The van der Waals surface area contributed by atoms with E-state index >= 15 is 0 Å². The zero-order chi connectivity index (χ0) is 23.3. The molecule has 2 aromatic carbocycles. The smallest absolute Gasteiger partial charge is 0.416 e. The third-order valence-corrected chi connectivity index (χ3v) is 4.51. The summed E-state index contributed by atoms with van der Waals surface area (Å²) < 4.78 is 44.8. The SMILES string of the molecule is CCOC(=O)c1ccc(NC(=O)c2ccc(=O)n(Cc3cccc(C(F)(F)F)c3)c2)cc1. The number of ether oxygens (including phenoxy) is 1. The molecule has 0 aliphatic carbocycles. The minimum Gasteiger partial charge on any atom is -0.462 e. The summed E-state index contributed by atoms with van der Waals surface area (Å²) in [6, 6.07) is 13.2. The fraction of sp³-hybridized carbons (Fsp3) is 0.174. The van der Waals surface area contributed by atoms with Crippen molar-refractivity contribution in [1.82, 2.24) is 4.57 Å². The molecule has 0 spiro atoms. The Morgan fingerprint density at radius 2 is 1.69 bits per heavy atom. The Labute approximate surface area is 181 Å². The van der Waals surface area contributed by atoms with Gasteiger partial charge in [-0.3, -0.25) is 9.59 Å². The van der Waals surface area contributed by atoms with Gasteiger partial charge in [-0.05, 0) is 55.0 Å². The molecule has 0 saturated carbocycles. The largest absolute Gasteiger partial charge is 0.462 e. The average Bonchev–Trinajstić information content (AvgIpc) is 2.75. The summed E-state index contributed by atoms with van der Waals surface area (Å²) in [5.41, 5.74) is -0.112. The van der Waals surface area contributed by atoms with Gasteiger partial charge in [0.1, 0.15) is 0 Å². The molecule has 0 unspecified atom stereocenters. The van der Waals surface area contributed by atoms with Gasteiger partial charge in [0.05, 0.1) is 29.8 Å². The van der Waals surface area contributed by atoms with E-state index in [1.165, 1.54) is 54.7 Å². The summed E-state index contributed by atoms with van der Waals surface area (Å²) in [5.74, 6) is -1.00. The van der Waals surface area contributed by atoms with Crippen LogP contribution < -0.4 is 10.9 Å². The molecule has 32 heavy (non-hydrogen) atoms. The Morgan fingerprint density at radius 1 is 1.00 bits per heavy atom. The van der Waals surface area contributed by atoms with Gasteiger partial charge in [-0.1, -0.05) is 12.1 Å². The van der Waals surface area contributed by atoms with Crippen LogP contribution in [0.15, 0.2) is 71.7 Å². The van der Waals surface area contributed by atoms with Crippen molar-refractivity contribution < 1.29 is 27.5 Å². The number of amides is 1. The molecule has 0 radical (unpaired) electrons. The van der Waals surface area contributed by atoms with Crippen LogP contribution in [0.4, 0.5) is 18.9 Å². The maximum absolute atomic E-state index is 12.9. The third kappa shape index (κ3) is 5.63. The normalized spacial score (nSPS) is 11.1. The number of pyridine rings is 1. The van der Waals surface area contributed by atoms with Gasteiger partial charge in [0, 0.05) is 18.0 Å². The van der Waals surface area contributed by atoms with Crippen LogP contribution in [-0.2, 0) is 17.5 Å². The van der Waals surface area contributed by atoms with E-state index in [1.54, 1.807) is 6.92 Å². The van der Waals surface area contributed by atoms with Crippen LogP contribution in [-0.4, -0.2) is 23.1 Å². The zero-order valence-electron chi connectivity index (χ0n) is 17.0. The molecular weight excluding hydrogens is 425 g/mol. The number of nitrogens with one attached hydrogen (secondary N) is 1. The number of aromatic nitrogens is 1. The fourth-order valence-corrected chi connectivity index (χ4v) is 2.94. The Balaban J connectivity index is 1.76. The van der Waals surface area contributed by atoms with Crippen LogP contribution in [0.1, 0.15) is 38.8 Å². The van der Waals surface area contributed by atoms with E-state index in [-0.39, 0.29) is 24.3 Å². The quantitative estimate of drug-likeness (QED) is 0.574. The molecule has 0 atom stereocenters. The summed E-state index contributed by atoms with van der Waals surface area (Å²) in [5, 5.41) is 2.64. The molecule has 0 bridgehead atoms. The second-order valence-electron chi connectivity index (χ2n) is 6.83. The molecule has 6 nitrogen and oxygen atoms in total. The molecule has 0 aliphatic heterocycles. The molecule has 0 fully saturated rings. The first-order valence-electron chi connectivity index (χ1n) is 9.62. The molecule has 1 heterocycles. The van der Waals surface area contributed by atoms with E-state index in [9.17, 15) is 27.6 Å². The first kappa shape index (κ1) is 22.8. The Hall–Kier alpha value is -3.88. The number of alkyl halides is 3. The lowest BCUT2D eigenvalue weighted by molar-refractivity contribution is -0.137. The molecule has 0 aliphatic rings. The minimum atomic E-state index is -4.49. The summed E-state index contributed by atoms with van der Waals surface area (Å²) in [6.45, 7) is 1.81. The van der Waals surface area contributed by atoms with E-state index in [1.807, 2.05) is 0 Å². The molecule has 3 aromatic rings. The topological polar surface area (TPSA) is 77.4 Å². The molecule has 1 N–H and O–H groups in total. The van der Waals surface area contributed by atoms with E-state index in [4.69, 9.17) is 4.74 Å². The van der Waals surface area contributed by atoms with Crippen LogP contribution >= 0.6 is 0 Å². The highest BCUT2D eigenvalue weighted by atomic mass is 19.4. The lowest BCUT2D eigenvalue weighted by atomic mass is 10.1. The molecular formula is C23H19F3N2O4. The molecule has 1 amide bonds. The maximum atomic E-state index is 12.9. The third-order valence-electron chi connectivity index (χ3n) is 4.51. The van der Waals surface area contributed by atoms with Crippen LogP contribution in [0.25, 0.3) is 0 Å². The van der Waals surface area contributed by atoms with Crippen molar-refractivity contribution in [3.8, 4) is 0 Å². The van der Waals surface area contributed by atoms with Crippen LogP contribution in [0, 0.1) is 0 Å². The van der Waals surface area contributed by atoms with Gasteiger partial charge in [0.15, 0.2) is 0 Å². The van der Waals surface area contributed by atoms with Gasteiger partial charge in [-0.25, -0.2) is 4.79 Å². The number of hydrogen-bond acceptors (Lipinski definition) is 4. The number of carbonyl (C=O) groups excluding carboxylic acids is 2. The first-order chi connectivity index (χ1) is 15.2. The monoisotopic (exact) mass is 444 g/mol.